The van der Waals surface area contributed by atoms with Gasteiger partial charge in [-0.2, -0.15) is 0 Å². The molecule has 98 valence electrons. The highest BCUT2D eigenvalue weighted by Crippen LogP contribution is 2.10. The first-order valence-corrected chi connectivity index (χ1v) is 5.89. The Morgan fingerprint density at radius 2 is 1.88 bits per heavy atom. The van der Waals surface area contributed by atoms with Crippen LogP contribution in [0.5, 0.6) is 0 Å². The van der Waals surface area contributed by atoms with Crippen LogP contribution in [0.3, 0.4) is 0 Å². The van der Waals surface area contributed by atoms with Crippen LogP contribution in [0, 0.1) is 5.92 Å². The SMILES string of the molecule is CCCC(C)(N)C(=O)NC(C)CC(C)C.Cl. The van der Waals surface area contributed by atoms with Gasteiger partial charge in [-0.1, -0.05) is 27.2 Å². The lowest BCUT2D eigenvalue weighted by Crippen LogP contribution is -2.53. The van der Waals surface area contributed by atoms with Crippen LogP contribution < -0.4 is 11.1 Å². The average Bonchev–Trinajstić information content (AvgIpc) is 2.01. The monoisotopic (exact) mass is 250 g/mol. The molecule has 0 aromatic heterocycles. The largest absolute Gasteiger partial charge is 0.352 e. The van der Waals surface area contributed by atoms with E-state index in [2.05, 4.69) is 19.2 Å². The molecule has 0 aliphatic carbocycles. The van der Waals surface area contributed by atoms with E-state index in [4.69, 9.17) is 5.73 Å². The van der Waals surface area contributed by atoms with Gasteiger partial charge in [0, 0.05) is 6.04 Å². The number of amides is 1. The third-order valence-electron chi connectivity index (χ3n) is 2.49. The summed E-state index contributed by atoms with van der Waals surface area (Å²) in [5, 5.41) is 2.97. The zero-order valence-corrected chi connectivity index (χ0v) is 12.0. The molecular weight excluding hydrogens is 224 g/mol. The van der Waals surface area contributed by atoms with Crippen LogP contribution in [-0.4, -0.2) is 17.5 Å². The topological polar surface area (TPSA) is 55.1 Å². The highest BCUT2D eigenvalue weighted by molar-refractivity contribution is 5.85. The summed E-state index contributed by atoms with van der Waals surface area (Å²) in [6.07, 6.45) is 2.65. The smallest absolute Gasteiger partial charge is 0.240 e. The Morgan fingerprint density at radius 3 is 2.25 bits per heavy atom. The summed E-state index contributed by atoms with van der Waals surface area (Å²) >= 11 is 0. The van der Waals surface area contributed by atoms with Crippen LogP contribution in [0.1, 0.15) is 53.9 Å². The summed E-state index contributed by atoms with van der Waals surface area (Å²) in [4.78, 5) is 11.8. The van der Waals surface area contributed by atoms with Gasteiger partial charge in [-0.25, -0.2) is 0 Å². The third kappa shape index (κ3) is 7.07. The van der Waals surface area contributed by atoms with Crippen molar-refractivity contribution in [3.8, 4) is 0 Å². The zero-order chi connectivity index (χ0) is 12.1. The summed E-state index contributed by atoms with van der Waals surface area (Å²) in [7, 11) is 0. The van der Waals surface area contributed by atoms with Gasteiger partial charge in [-0.3, -0.25) is 4.79 Å². The molecule has 0 aromatic rings. The number of nitrogens with one attached hydrogen (secondary N) is 1. The molecule has 0 radical (unpaired) electrons. The fourth-order valence-corrected chi connectivity index (χ4v) is 1.79. The van der Waals surface area contributed by atoms with Crippen molar-refractivity contribution in [1.29, 1.82) is 0 Å². The maximum atomic E-state index is 11.8. The third-order valence-corrected chi connectivity index (χ3v) is 2.49. The zero-order valence-electron chi connectivity index (χ0n) is 11.2. The summed E-state index contributed by atoms with van der Waals surface area (Å²) in [6, 6.07) is 0.206. The molecule has 0 aliphatic heterocycles. The predicted molar refractivity (Wildman–Crippen MR) is 71.8 cm³/mol. The van der Waals surface area contributed by atoms with E-state index in [1.165, 1.54) is 0 Å². The molecule has 0 aliphatic rings. The van der Waals surface area contributed by atoms with Crippen molar-refractivity contribution in [2.45, 2.75) is 65.5 Å². The van der Waals surface area contributed by atoms with Gasteiger partial charge in [0.05, 0.1) is 5.54 Å². The van der Waals surface area contributed by atoms with E-state index in [1.54, 1.807) is 6.92 Å². The van der Waals surface area contributed by atoms with Crippen LogP contribution in [-0.2, 0) is 4.79 Å². The van der Waals surface area contributed by atoms with Crippen molar-refractivity contribution >= 4 is 18.3 Å². The Bertz CT molecular complexity index is 205. The van der Waals surface area contributed by atoms with E-state index in [1.807, 2.05) is 13.8 Å². The fourth-order valence-electron chi connectivity index (χ4n) is 1.79. The van der Waals surface area contributed by atoms with Crippen LogP contribution in [0.15, 0.2) is 0 Å². The number of carbonyl (C=O) groups excluding carboxylic acids is 1. The van der Waals surface area contributed by atoms with Gasteiger partial charge in [0.15, 0.2) is 0 Å². The summed E-state index contributed by atoms with van der Waals surface area (Å²) in [6.45, 7) is 10.2. The van der Waals surface area contributed by atoms with Crippen molar-refractivity contribution in [2.24, 2.45) is 11.7 Å². The van der Waals surface area contributed by atoms with Gasteiger partial charge in [-0.05, 0) is 32.6 Å². The molecule has 0 spiro atoms. The van der Waals surface area contributed by atoms with Gasteiger partial charge in [0.1, 0.15) is 0 Å². The molecule has 0 bridgehead atoms. The standard InChI is InChI=1S/C12H26N2O.ClH/c1-6-7-12(5,13)11(15)14-10(4)8-9(2)3;/h9-10H,6-8,13H2,1-5H3,(H,14,15);1H. The number of hydrogen-bond donors (Lipinski definition) is 2. The van der Waals surface area contributed by atoms with Crippen molar-refractivity contribution in [3.05, 3.63) is 0 Å². The Hall–Kier alpha value is -0.280. The molecular formula is C12H27ClN2O. The van der Waals surface area contributed by atoms with Crippen molar-refractivity contribution in [2.75, 3.05) is 0 Å². The highest BCUT2D eigenvalue weighted by Gasteiger charge is 2.27. The van der Waals surface area contributed by atoms with E-state index in [0.29, 0.717) is 5.92 Å². The lowest BCUT2D eigenvalue weighted by atomic mass is 9.95. The molecule has 0 fully saturated rings. The summed E-state index contributed by atoms with van der Waals surface area (Å²) < 4.78 is 0. The number of carbonyl (C=O) groups is 1. The Labute approximate surface area is 106 Å². The summed E-state index contributed by atoms with van der Waals surface area (Å²) in [5.41, 5.74) is 5.22. The highest BCUT2D eigenvalue weighted by atomic mass is 35.5. The quantitative estimate of drug-likeness (QED) is 0.761. The van der Waals surface area contributed by atoms with E-state index in [0.717, 1.165) is 19.3 Å². The van der Waals surface area contributed by atoms with Crippen molar-refractivity contribution < 1.29 is 4.79 Å². The first-order chi connectivity index (χ1) is 6.79. The van der Waals surface area contributed by atoms with E-state index in [-0.39, 0.29) is 24.4 Å². The van der Waals surface area contributed by atoms with Gasteiger partial charge in [0.2, 0.25) is 5.91 Å². The normalized spacial score (nSPS) is 16.2. The first kappa shape index (κ1) is 18.1. The van der Waals surface area contributed by atoms with Crippen LogP contribution in [0.4, 0.5) is 0 Å². The van der Waals surface area contributed by atoms with Gasteiger partial charge < -0.3 is 11.1 Å². The minimum Gasteiger partial charge on any atom is -0.352 e. The van der Waals surface area contributed by atoms with E-state index in [9.17, 15) is 4.79 Å². The van der Waals surface area contributed by atoms with Crippen LogP contribution >= 0.6 is 12.4 Å². The molecule has 0 aromatic carbocycles. The van der Waals surface area contributed by atoms with Crippen LogP contribution in [0.25, 0.3) is 0 Å². The van der Waals surface area contributed by atoms with Gasteiger partial charge >= 0.3 is 0 Å². The van der Waals surface area contributed by atoms with Crippen molar-refractivity contribution in [1.82, 2.24) is 5.32 Å². The number of rotatable bonds is 6. The lowest BCUT2D eigenvalue weighted by Gasteiger charge is -2.26. The minimum absolute atomic E-state index is 0. The fraction of sp³-hybridized carbons (Fsp3) is 0.917. The molecule has 0 rings (SSSR count). The van der Waals surface area contributed by atoms with E-state index < -0.39 is 5.54 Å². The molecule has 0 saturated heterocycles. The molecule has 4 heteroatoms. The maximum Gasteiger partial charge on any atom is 0.240 e. The first-order valence-electron chi connectivity index (χ1n) is 5.89. The Morgan fingerprint density at radius 1 is 1.38 bits per heavy atom. The van der Waals surface area contributed by atoms with E-state index >= 15 is 0 Å². The number of halogens is 1. The van der Waals surface area contributed by atoms with Crippen LogP contribution in [0.2, 0.25) is 0 Å². The van der Waals surface area contributed by atoms with Gasteiger partial charge in [0.25, 0.3) is 0 Å². The second-order valence-corrected chi connectivity index (χ2v) is 5.17. The molecule has 0 saturated carbocycles. The molecule has 1 amide bonds. The predicted octanol–water partition coefficient (Wildman–Crippen LogP) is 2.48. The maximum absolute atomic E-state index is 11.8. The second kappa shape index (κ2) is 7.91. The molecule has 16 heavy (non-hydrogen) atoms. The summed E-state index contributed by atoms with van der Waals surface area (Å²) in [5.74, 6) is 0.563. The second-order valence-electron chi connectivity index (χ2n) is 5.17. The molecule has 0 heterocycles. The average molecular weight is 251 g/mol. The number of nitrogens with two attached hydrogens (primary N) is 1. The van der Waals surface area contributed by atoms with Gasteiger partial charge in [-0.15, -0.1) is 12.4 Å². The molecule has 3 nitrogen and oxygen atoms in total. The Balaban J connectivity index is 0. The van der Waals surface area contributed by atoms with Crippen molar-refractivity contribution in [3.63, 3.8) is 0 Å². The Kier molecular flexibility index (Phi) is 8.94. The lowest BCUT2D eigenvalue weighted by molar-refractivity contribution is -0.126. The number of hydrogen-bond acceptors (Lipinski definition) is 2. The molecule has 2 unspecified atom stereocenters. The minimum atomic E-state index is -0.722. The molecule has 3 N–H and O–H groups in total. The molecule has 2 atom stereocenters.